The SMILES string of the molecule is CC(=O)CN1CCC(CCN2CCN(c3ccc(C#N)cc3)CC2)CC1. The zero-order valence-electron chi connectivity index (χ0n) is 15.9. The van der Waals surface area contributed by atoms with E-state index in [9.17, 15) is 4.79 Å². The number of piperidine rings is 1. The van der Waals surface area contributed by atoms with Crippen LogP contribution in [-0.2, 0) is 4.79 Å². The van der Waals surface area contributed by atoms with Crippen LogP contribution in [0.3, 0.4) is 0 Å². The van der Waals surface area contributed by atoms with Crippen LogP contribution in [0.1, 0.15) is 31.7 Å². The first kappa shape index (κ1) is 18.9. The molecule has 0 aliphatic carbocycles. The lowest BCUT2D eigenvalue weighted by Gasteiger charge is -2.37. The first-order valence-corrected chi connectivity index (χ1v) is 9.83. The van der Waals surface area contributed by atoms with Crippen LogP contribution in [-0.4, -0.2) is 67.9 Å². The number of likely N-dealkylation sites (tertiary alicyclic amines) is 1. The van der Waals surface area contributed by atoms with Gasteiger partial charge < -0.3 is 4.90 Å². The maximum atomic E-state index is 11.2. The second kappa shape index (κ2) is 9.16. The van der Waals surface area contributed by atoms with Gasteiger partial charge in [0.15, 0.2) is 0 Å². The molecule has 5 nitrogen and oxygen atoms in total. The summed E-state index contributed by atoms with van der Waals surface area (Å²) < 4.78 is 0. The normalized spacial score (nSPS) is 20.1. The van der Waals surface area contributed by atoms with Crippen LogP contribution in [0.25, 0.3) is 0 Å². The van der Waals surface area contributed by atoms with Crippen molar-refractivity contribution in [2.75, 3.05) is 57.3 Å². The molecule has 2 aliphatic rings. The predicted molar refractivity (Wildman–Crippen MR) is 104 cm³/mol. The summed E-state index contributed by atoms with van der Waals surface area (Å²) in [5, 5.41) is 8.91. The van der Waals surface area contributed by atoms with Crippen molar-refractivity contribution in [3.8, 4) is 6.07 Å². The van der Waals surface area contributed by atoms with E-state index >= 15 is 0 Å². The molecule has 0 radical (unpaired) electrons. The molecule has 5 heteroatoms. The predicted octanol–water partition coefficient (Wildman–Crippen LogP) is 2.37. The minimum absolute atomic E-state index is 0.281. The Bertz CT molecular complexity index is 620. The first-order chi connectivity index (χ1) is 12.6. The number of benzene rings is 1. The van der Waals surface area contributed by atoms with Gasteiger partial charge in [-0.15, -0.1) is 0 Å². The van der Waals surface area contributed by atoms with E-state index in [1.807, 2.05) is 12.1 Å². The van der Waals surface area contributed by atoms with Crippen molar-refractivity contribution in [2.45, 2.75) is 26.2 Å². The zero-order valence-corrected chi connectivity index (χ0v) is 15.9. The van der Waals surface area contributed by atoms with Gasteiger partial charge in [-0.2, -0.15) is 5.26 Å². The molecule has 2 aliphatic heterocycles. The average molecular weight is 354 g/mol. The van der Waals surface area contributed by atoms with Crippen molar-refractivity contribution in [1.82, 2.24) is 9.80 Å². The van der Waals surface area contributed by atoms with E-state index in [0.29, 0.717) is 6.54 Å². The largest absolute Gasteiger partial charge is 0.369 e. The summed E-state index contributed by atoms with van der Waals surface area (Å²) in [6, 6.07) is 10.1. The molecule has 1 aromatic rings. The maximum Gasteiger partial charge on any atom is 0.143 e. The molecule has 1 aromatic carbocycles. The summed E-state index contributed by atoms with van der Waals surface area (Å²) in [5.74, 6) is 1.10. The Hall–Kier alpha value is -1.90. The highest BCUT2D eigenvalue weighted by atomic mass is 16.1. The van der Waals surface area contributed by atoms with Gasteiger partial charge in [0.2, 0.25) is 0 Å². The summed E-state index contributed by atoms with van der Waals surface area (Å²) in [4.78, 5) is 18.5. The van der Waals surface area contributed by atoms with Gasteiger partial charge in [-0.1, -0.05) is 0 Å². The quantitative estimate of drug-likeness (QED) is 0.785. The Morgan fingerprint density at radius 1 is 1.04 bits per heavy atom. The number of hydrogen-bond donors (Lipinski definition) is 0. The maximum absolute atomic E-state index is 11.2. The van der Waals surface area contributed by atoms with Crippen LogP contribution >= 0.6 is 0 Å². The van der Waals surface area contributed by atoms with Gasteiger partial charge in [-0.25, -0.2) is 0 Å². The number of carbonyl (C=O) groups excluding carboxylic acids is 1. The van der Waals surface area contributed by atoms with E-state index in [0.717, 1.165) is 50.7 Å². The third-order valence-corrected chi connectivity index (χ3v) is 5.74. The molecule has 3 rings (SSSR count). The Morgan fingerprint density at radius 3 is 2.27 bits per heavy atom. The van der Waals surface area contributed by atoms with Gasteiger partial charge >= 0.3 is 0 Å². The highest BCUT2D eigenvalue weighted by molar-refractivity contribution is 5.77. The van der Waals surface area contributed by atoms with E-state index in [1.165, 1.54) is 31.5 Å². The van der Waals surface area contributed by atoms with Crippen LogP contribution in [0.15, 0.2) is 24.3 Å². The molecule has 0 atom stereocenters. The Kier molecular flexibility index (Phi) is 6.65. The highest BCUT2D eigenvalue weighted by Gasteiger charge is 2.22. The van der Waals surface area contributed by atoms with Crippen molar-refractivity contribution in [2.24, 2.45) is 5.92 Å². The third-order valence-electron chi connectivity index (χ3n) is 5.74. The lowest BCUT2D eigenvalue weighted by atomic mass is 9.93. The van der Waals surface area contributed by atoms with Crippen molar-refractivity contribution >= 4 is 11.5 Å². The van der Waals surface area contributed by atoms with Crippen LogP contribution in [0.4, 0.5) is 5.69 Å². The number of hydrogen-bond acceptors (Lipinski definition) is 5. The van der Waals surface area contributed by atoms with Crippen molar-refractivity contribution in [1.29, 1.82) is 5.26 Å². The number of carbonyl (C=O) groups is 1. The Labute approximate surface area is 157 Å². The summed E-state index contributed by atoms with van der Waals surface area (Å²) in [5.41, 5.74) is 1.95. The van der Waals surface area contributed by atoms with Crippen LogP contribution in [0.5, 0.6) is 0 Å². The van der Waals surface area contributed by atoms with E-state index < -0.39 is 0 Å². The number of nitrogens with zero attached hydrogens (tertiary/aromatic N) is 4. The number of nitriles is 1. The van der Waals surface area contributed by atoms with Crippen molar-refractivity contribution in [3.05, 3.63) is 29.8 Å². The zero-order chi connectivity index (χ0) is 18.4. The molecule has 0 amide bonds. The fourth-order valence-electron chi connectivity index (χ4n) is 4.09. The molecule has 0 unspecified atom stereocenters. The van der Waals surface area contributed by atoms with E-state index in [4.69, 9.17) is 5.26 Å². The van der Waals surface area contributed by atoms with Gasteiger partial charge in [0.1, 0.15) is 5.78 Å². The van der Waals surface area contributed by atoms with Gasteiger partial charge in [0.25, 0.3) is 0 Å². The number of Topliss-reactive ketones (excluding diaryl/α,β-unsaturated/α-hetero) is 1. The Morgan fingerprint density at radius 2 is 1.69 bits per heavy atom. The lowest BCUT2D eigenvalue weighted by Crippen LogP contribution is -2.47. The monoisotopic (exact) mass is 354 g/mol. The fraction of sp³-hybridized carbons (Fsp3) is 0.619. The molecule has 0 bridgehead atoms. The minimum atomic E-state index is 0.281. The van der Waals surface area contributed by atoms with Gasteiger partial charge in [-0.3, -0.25) is 14.6 Å². The van der Waals surface area contributed by atoms with E-state index in [1.54, 1.807) is 6.92 Å². The molecule has 2 saturated heterocycles. The van der Waals surface area contributed by atoms with Crippen molar-refractivity contribution in [3.63, 3.8) is 0 Å². The van der Waals surface area contributed by atoms with Gasteiger partial charge in [-0.05, 0) is 76.0 Å². The van der Waals surface area contributed by atoms with Crippen LogP contribution in [0.2, 0.25) is 0 Å². The molecule has 0 spiro atoms. The van der Waals surface area contributed by atoms with Gasteiger partial charge in [0, 0.05) is 31.9 Å². The molecular formula is C21H30N4O. The molecular weight excluding hydrogens is 324 g/mol. The summed E-state index contributed by atoms with van der Waals surface area (Å²) in [6.07, 6.45) is 3.75. The third kappa shape index (κ3) is 5.30. The average Bonchev–Trinajstić information content (AvgIpc) is 2.67. The molecule has 0 N–H and O–H groups in total. The second-order valence-electron chi connectivity index (χ2n) is 7.70. The fourth-order valence-corrected chi connectivity index (χ4v) is 4.09. The molecule has 2 heterocycles. The highest BCUT2D eigenvalue weighted by Crippen LogP contribution is 2.22. The summed E-state index contributed by atoms with van der Waals surface area (Å²) in [7, 11) is 0. The van der Waals surface area contributed by atoms with Crippen LogP contribution < -0.4 is 4.90 Å². The molecule has 0 aromatic heterocycles. The minimum Gasteiger partial charge on any atom is -0.369 e. The van der Waals surface area contributed by atoms with E-state index in [-0.39, 0.29) is 5.78 Å². The smallest absolute Gasteiger partial charge is 0.143 e. The second-order valence-corrected chi connectivity index (χ2v) is 7.70. The first-order valence-electron chi connectivity index (χ1n) is 9.83. The molecule has 26 heavy (non-hydrogen) atoms. The number of ketones is 1. The standard InChI is InChI=1S/C21H30N4O/c1-18(26)17-24-10-7-19(8-11-24)6-9-23-12-14-25(15-13-23)21-4-2-20(16-22)3-5-21/h2-5,19H,6-15,17H2,1H3. The summed E-state index contributed by atoms with van der Waals surface area (Å²) in [6.45, 7) is 10.0. The lowest BCUT2D eigenvalue weighted by molar-refractivity contribution is -0.118. The van der Waals surface area contributed by atoms with E-state index in [2.05, 4.69) is 32.9 Å². The molecule has 0 saturated carbocycles. The Balaban J connectivity index is 1.35. The van der Waals surface area contributed by atoms with Crippen LogP contribution in [0, 0.1) is 17.2 Å². The molecule has 2 fully saturated rings. The number of piperazine rings is 1. The topological polar surface area (TPSA) is 50.6 Å². The van der Waals surface area contributed by atoms with Gasteiger partial charge in [0.05, 0.1) is 18.2 Å². The number of rotatable bonds is 6. The molecule has 140 valence electrons. The van der Waals surface area contributed by atoms with Crippen molar-refractivity contribution < 1.29 is 4.79 Å². The summed E-state index contributed by atoms with van der Waals surface area (Å²) >= 11 is 0. The number of anilines is 1.